The van der Waals surface area contributed by atoms with Crippen molar-refractivity contribution < 1.29 is 0 Å². The molecule has 26 heavy (non-hydrogen) atoms. The lowest BCUT2D eigenvalue weighted by molar-refractivity contribution is 0.661. The minimum absolute atomic E-state index is 0.232. The number of hydrogen-bond donors (Lipinski definition) is 1. The summed E-state index contributed by atoms with van der Waals surface area (Å²) in [6, 6.07) is 11.1. The van der Waals surface area contributed by atoms with Crippen molar-refractivity contribution in [3.05, 3.63) is 75.7 Å². The van der Waals surface area contributed by atoms with Crippen LogP contribution in [0.3, 0.4) is 0 Å². The summed E-state index contributed by atoms with van der Waals surface area (Å²) in [5.41, 5.74) is 3.04. The SMILES string of the molecule is N=c1c2nnn(Cc3ccc(Cl)nc3)c2ncn1Cc1ccccc1Cl. The fourth-order valence-electron chi connectivity index (χ4n) is 2.62. The highest BCUT2D eigenvalue weighted by Gasteiger charge is 2.11. The van der Waals surface area contributed by atoms with Crippen LogP contribution in [0.2, 0.25) is 10.2 Å². The molecule has 0 amide bonds. The topological polar surface area (TPSA) is 85.3 Å². The van der Waals surface area contributed by atoms with E-state index in [0.29, 0.717) is 34.4 Å². The standard InChI is InChI=1S/C17H13Cl2N7/c18-13-4-2-1-3-12(13)9-25-10-22-17-15(16(25)20)23-24-26(17)8-11-5-6-14(19)21-7-11/h1-7,10,20H,8-9H2. The van der Waals surface area contributed by atoms with Gasteiger partial charge in [-0.05, 0) is 23.3 Å². The molecule has 0 aliphatic heterocycles. The number of fused-ring (bicyclic) bond motifs is 1. The molecule has 0 spiro atoms. The van der Waals surface area contributed by atoms with Crippen molar-refractivity contribution in [2.75, 3.05) is 0 Å². The molecule has 1 N–H and O–H groups in total. The molecule has 0 atom stereocenters. The van der Waals surface area contributed by atoms with Gasteiger partial charge in [-0.2, -0.15) is 0 Å². The van der Waals surface area contributed by atoms with Crippen molar-refractivity contribution >= 4 is 34.4 Å². The molecule has 4 rings (SSSR count). The molecule has 0 aliphatic rings. The van der Waals surface area contributed by atoms with E-state index in [-0.39, 0.29) is 5.49 Å². The van der Waals surface area contributed by atoms with Gasteiger partial charge in [0.2, 0.25) is 0 Å². The van der Waals surface area contributed by atoms with E-state index in [9.17, 15) is 0 Å². The first kappa shape index (κ1) is 16.7. The Morgan fingerprint density at radius 2 is 1.85 bits per heavy atom. The maximum Gasteiger partial charge on any atom is 0.184 e. The summed E-state index contributed by atoms with van der Waals surface area (Å²) < 4.78 is 3.32. The van der Waals surface area contributed by atoms with Crippen LogP contribution in [0.1, 0.15) is 11.1 Å². The molecule has 1 aromatic carbocycles. The first-order valence-corrected chi connectivity index (χ1v) is 8.54. The van der Waals surface area contributed by atoms with Crippen molar-refractivity contribution in [3.63, 3.8) is 0 Å². The van der Waals surface area contributed by atoms with Crippen LogP contribution in [0.15, 0.2) is 48.9 Å². The summed E-state index contributed by atoms with van der Waals surface area (Å²) in [6.07, 6.45) is 3.28. The molecule has 0 bridgehead atoms. The Morgan fingerprint density at radius 3 is 2.62 bits per heavy atom. The fraction of sp³-hybridized carbons (Fsp3) is 0.118. The number of nitrogens with one attached hydrogen (secondary N) is 1. The van der Waals surface area contributed by atoms with E-state index >= 15 is 0 Å². The van der Waals surface area contributed by atoms with Crippen LogP contribution in [0.5, 0.6) is 0 Å². The van der Waals surface area contributed by atoms with Gasteiger partial charge in [0.25, 0.3) is 0 Å². The van der Waals surface area contributed by atoms with E-state index in [1.54, 1.807) is 27.8 Å². The molecule has 0 saturated heterocycles. The number of benzene rings is 1. The monoisotopic (exact) mass is 385 g/mol. The lowest BCUT2D eigenvalue weighted by Crippen LogP contribution is -2.22. The van der Waals surface area contributed by atoms with Crippen LogP contribution < -0.4 is 5.49 Å². The Labute approximate surface area is 158 Å². The van der Waals surface area contributed by atoms with Crippen LogP contribution in [0.25, 0.3) is 11.2 Å². The zero-order chi connectivity index (χ0) is 18.1. The molecule has 0 unspecified atom stereocenters. The van der Waals surface area contributed by atoms with Gasteiger partial charge in [-0.25, -0.2) is 14.6 Å². The minimum atomic E-state index is 0.232. The van der Waals surface area contributed by atoms with Gasteiger partial charge in [-0.1, -0.05) is 52.7 Å². The third-order valence-corrected chi connectivity index (χ3v) is 4.55. The number of aromatic nitrogens is 6. The zero-order valence-electron chi connectivity index (χ0n) is 13.5. The quantitative estimate of drug-likeness (QED) is 0.547. The lowest BCUT2D eigenvalue weighted by atomic mass is 10.2. The number of nitrogens with zero attached hydrogens (tertiary/aromatic N) is 6. The van der Waals surface area contributed by atoms with Crippen LogP contribution in [0.4, 0.5) is 0 Å². The van der Waals surface area contributed by atoms with Crippen LogP contribution in [0, 0.1) is 5.41 Å². The fourth-order valence-corrected chi connectivity index (χ4v) is 2.92. The van der Waals surface area contributed by atoms with E-state index < -0.39 is 0 Å². The normalized spacial score (nSPS) is 11.2. The molecule has 3 heterocycles. The smallest absolute Gasteiger partial charge is 0.184 e. The van der Waals surface area contributed by atoms with Crippen molar-refractivity contribution in [2.24, 2.45) is 0 Å². The minimum Gasteiger partial charge on any atom is -0.311 e. The zero-order valence-corrected chi connectivity index (χ0v) is 15.0. The van der Waals surface area contributed by atoms with Gasteiger partial charge in [0, 0.05) is 11.2 Å². The average Bonchev–Trinajstić information content (AvgIpc) is 3.05. The molecule has 0 fully saturated rings. The Kier molecular flexibility index (Phi) is 4.40. The van der Waals surface area contributed by atoms with Crippen molar-refractivity contribution in [1.29, 1.82) is 5.41 Å². The Hall–Kier alpha value is -2.77. The van der Waals surface area contributed by atoms with Gasteiger partial charge in [0.1, 0.15) is 5.15 Å². The summed E-state index contributed by atoms with van der Waals surface area (Å²) >= 11 is 12.0. The Balaban J connectivity index is 1.68. The molecular formula is C17H13Cl2N7. The number of halogens is 2. The molecule has 0 radical (unpaired) electrons. The summed E-state index contributed by atoms with van der Waals surface area (Å²) in [7, 11) is 0. The van der Waals surface area contributed by atoms with Crippen molar-refractivity contribution in [3.8, 4) is 0 Å². The maximum atomic E-state index is 8.41. The van der Waals surface area contributed by atoms with Gasteiger partial charge in [0.15, 0.2) is 16.7 Å². The summed E-state index contributed by atoms with van der Waals surface area (Å²) in [4.78, 5) is 8.49. The van der Waals surface area contributed by atoms with Gasteiger partial charge in [0.05, 0.1) is 19.4 Å². The molecule has 0 saturated carbocycles. The molecular weight excluding hydrogens is 373 g/mol. The van der Waals surface area contributed by atoms with Gasteiger partial charge in [-0.3, -0.25) is 5.41 Å². The summed E-state index contributed by atoms with van der Waals surface area (Å²) in [5.74, 6) is 0. The second kappa shape index (κ2) is 6.86. The van der Waals surface area contributed by atoms with Crippen LogP contribution in [-0.4, -0.2) is 29.5 Å². The molecule has 9 heteroatoms. The van der Waals surface area contributed by atoms with E-state index in [1.165, 1.54) is 0 Å². The molecule has 7 nitrogen and oxygen atoms in total. The maximum absolute atomic E-state index is 8.41. The lowest BCUT2D eigenvalue weighted by Gasteiger charge is -2.08. The first-order chi connectivity index (χ1) is 12.6. The Morgan fingerprint density at radius 1 is 1.00 bits per heavy atom. The highest BCUT2D eigenvalue weighted by Crippen LogP contribution is 2.16. The Bertz CT molecular complexity index is 1130. The van der Waals surface area contributed by atoms with E-state index in [4.69, 9.17) is 28.6 Å². The largest absolute Gasteiger partial charge is 0.311 e. The van der Waals surface area contributed by atoms with Crippen LogP contribution in [-0.2, 0) is 13.1 Å². The van der Waals surface area contributed by atoms with E-state index in [2.05, 4.69) is 20.3 Å². The number of rotatable bonds is 4. The predicted octanol–water partition coefficient (Wildman–Crippen LogP) is 2.91. The summed E-state index contributed by atoms with van der Waals surface area (Å²) in [5, 5.41) is 17.7. The highest BCUT2D eigenvalue weighted by molar-refractivity contribution is 6.31. The van der Waals surface area contributed by atoms with Gasteiger partial charge >= 0.3 is 0 Å². The third kappa shape index (κ3) is 3.18. The first-order valence-electron chi connectivity index (χ1n) is 7.79. The molecule has 130 valence electrons. The number of hydrogen-bond acceptors (Lipinski definition) is 5. The molecule has 0 aliphatic carbocycles. The third-order valence-electron chi connectivity index (χ3n) is 3.96. The molecule has 3 aromatic heterocycles. The number of pyridine rings is 1. The van der Waals surface area contributed by atoms with Crippen molar-refractivity contribution in [1.82, 2.24) is 29.5 Å². The highest BCUT2D eigenvalue weighted by atomic mass is 35.5. The van der Waals surface area contributed by atoms with Crippen LogP contribution >= 0.6 is 23.2 Å². The molecule has 4 aromatic rings. The van der Waals surface area contributed by atoms with Gasteiger partial charge < -0.3 is 4.57 Å². The average molecular weight is 386 g/mol. The van der Waals surface area contributed by atoms with Gasteiger partial charge in [-0.15, -0.1) is 5.10 Å². The van der Waals surface area contributed by atoms with E-state index in [1.807, 2.05) is 30.3 Å². The van der Waals surface area contributed by atoms with Crippen molar-refractivity contribution in [2.45, 2.75) is 13.1 Å². The second-order valence-electron chi connectivity index (χ2n) is 5.72. The van der Waals surface area contributed by atoms with E-state index in [0.717, 1.165) is 11.1 Å². The predicted molar refractivity (Wildman–Crippen MR) is 98.1 cm³/mol. The summed E-state index contributed by atoms with van der Waals surface area (Å²) in [6.45, 7) is 0.886. The second-order valence-corrected chi connectivity index (χ2v) is 6.52.